The second-order valence-electron chi connectivity index (χ2n) is 3.48. The summed E-state index contributed by atoms with van der Waals surface area (Å²) in [5.41, 5.74) is 0.630. The van der Waals surface area contributed by atoms with E-state index in [-0.39, 0.29) is 17.1 Å². The predicted molar refractivity (Wildman–Crippen MR) is 91.6 cm³/mol. The maximum atomic E-state index is 11.6. The van der Waals surface area contributed by atoms with Gasteiger partial charge in [-0.2, -0.15) is 0 Å². The van der Waals surface area contributed by atoms with E-state index < -0.39 is 5.97 Å². The first kappa shape index (κ1) is 16.3. The fraction of sp³-hybridized carbons (Fsp3) is 0.182. The Balaban J connectivity index is 3.94. The number of hydrogen-bond donors (Lipinski definition) is 1. The van der Waals surface area contributed by atoms with E-state index in [4.69, 9.17) is 0 Å². The zero-order valence-corrected chi connectivity index (χ0v) is 15.8. The van der Waals surface area contributed by atoms with Gasteiger partial charge >= 0.3 is 5.97 Å². The zero-order chi connectivity index (χ0) is 14.2. The zero-order valence-electron chi connectivity index (χ0n) is 9.31. The van der Waals surface area contributed by atoms with Gasteiger partial charge in [-0.3, -0.25) is 9.59 Å². The lowest BCUT2D eigenvalue weighted by molar-refractivity contribution is 0.0694. The lowest BCUT2D eigenvalue weighted by atomic mass is 10.0. The molecule has 0 bridgehead atoms. The first-order chi connectivity index (χ1) is 8.20. The Kier molecular flexibility index (Phi) is 5.53. The number of carboxylic acids is 1. The quantitative estimate of drug-likeness (QED) is 0.436. The predicted octanol–water partition coefficient (Wildman–Crippen LogP) is 3.60. The van der Waals surface area contributed by atoms with Crippen molar-refractivity contribution in [3.63, 3.8) is 0 Å². The number of carbonyl (C=O) groups excluding carboxylic acids is 2. The van der Waals surface area contributed by atoms with E-state index in [1.807, 2.05) is 67.8 Å². The van der Waals surface area contributed by atoms with Crippen LogP contribution in [0.5, 0.6) is 0 Å². The van der Waals surface area contributed by atoms with Crippen molar-refractivity contribution in [1.82, 2.24) is 0 Å². The molecule has 0 aliphatic heterocycles. The third-order valence-corrected chi connectivity index (χ3v) is 5.47. The molecule has 1 rings (SSSR count). The summed E-state index contributed by atoms with van der Waals surface area (Å²) < 4.78 is 1.28. The summed E-state index contributed by atoms with van der Waals surface area (Å²) in [4.78, 5) is 34.5. The number of halogens is 3. The standard InChI is InChI=1S/C11H7I3O4/c1-3(15)5-8(12)6(4(2)16)10(14)7(9(5)13)11(17)18/h1-2H3,(H,17,18). The van der Waals surface area contributed by atoms with Crippen LogP contribution in [0.15, 0.2) is 0 Å². The van der Waals surface area contributed by atoms with E-state index in [1.165, 1.54) is 13.8 Å². The van der Waals surface area contributed by atoms with Crippen LogP contribution in [0.3, 0.4) is 0 Å². The van der Waals surface area contributed by atoms with Gasteiger partial charge in [0.25, 0.3) is 0 Å². The number of hydrogen-bond acceptors (Lipinski definition) is 3. The Bertz CT molecular complexity index is 476. The van der Waals surface area contributed by atoms with Crippen LogP contribution in [-0.4, -0.2) is 22.6 Å². The van der Waals surface area contributed by atoms with E-state index in [0.717, 1.165) is 0 Å². The smallest absolute Gasteiger partial charge is 0.337 e. The largest absolute Gasteiger partial charge is 0.478 e. The molecule has 0 unspecified atom stereocenters. The van der Waals surface area contributed by atoms with Crippen LogP contribution >= 0.6 is 67.8 Å². The molecule has 0 aromatic heterocycles. The van der Waals surface area contributed by atoms with Crippen molar-refractivity contribution in [2.45, 2.75) is 13.8 Å². The van der Waals surface area contributed by atoms with Crippen LogP contribution in [0, 0.1) is 10.7 Å². The Morgan fingerprint density at radius 3 is 1.28 bits per heavy atom. The van der Waals surface area contributed by atoms with Gasteiger partial charge < -0.3 is 5.11 Å². The molecule has 4 nitrogen and oxygen atoms in total. The molecule has 0 aliphatic carbocycles. The van der Waals surface area contributed by atoms with Gasteiger partial charge in [0.2, 0.25) is 0 Å². The average Bonchev–Trinajstić information content (AvgIpc) is 2.14. The highest BCUT2D eigenvalue weighted by Gasteiger charge is 2.27. The van der Waals surface area contributed by atoms with E-state index >= 15 is 0 Å². The summed E-state index contributed by atoms with van der Waals surface area (Å²) in [6.45, 7) is 2.73. The first-order valence-electron chi connectivity index (χ1n) is 4.65. The first-order valence-corrected chi connectivity index (χ1v) is 7.89. The molecule has 7 heteroatoms. The van der Waals surface area contributed by atoms with Gasteiger partial charge in [0.1, 0.15) is 0 Å². The molecular weight excluding hydrogens is 577 g/mol. The maximum Gasteiger partial charge on any atom is 0.337 e. The number of benzene rings is 1. The Morgan fingerprint density at radius 2 is 1.06 bits per heavy atom. The third-order valence-electron chi connectivity index (χ3n) is 2.23. The summed E-state index contributed by atoms with van der Waals surface area (Å²) >= 11 is 5.60. The van der Waals surface area contributed by atoms with Gasteiger partial charge in [0.05, 0.1) is 5.56 Å². The fourth-order valence-electron chi connectivity index (χ4n) is 1.47. The number of Topliss-reactive ketones (excluding diaryl/α,β-unsaturated/α-hetero) is 2. The second-order valence-corrected chi connectivity index (χ2v) is 6.72. The summed E-state index contributed by atoms with van der Waals surface area (Å²) in [5, 5.41) is 9.22. The van der Waals surface area contributed by atoms with Crippen molar-refractivity contribution in [1.29, 1.82) is 0 Å². The molecule has 0 saturated carbocycles. The number of ketones is 2. The highest BCUT2D eigenvalue weighted by molar-refractivity contribution is 14.1. The summed E-state index contributed by atoms with van der Waals surface area (Å²) in [5.74, 6) is -1.62. The van der Waals surface area contributed by atoms with Gasteiger partial charge in [-0.1, -0.05) is 0 Å². The molecule has 0 heterocycles. The third kappa shape index (κ3) is 2.86. The Hall–Kier alpha value is 0.220. The molecule has 96 valence electrons. The Morgan fingerprint density at radius 1 is 0.778 bits per heavy atom. The van der Waals surface area contributed by atoms with Gasteiger partial charge in [-0.25, -0.2) is 4.79 Å². The lowest BCUT2D eigenvalue weighted by Crippen LogP contribution is -2.16. The topological polar surface area (TPSA) is 71.4 Å². The van der Waals surface area contributed by atoms with Gasteiger partial charge in [-0.15, -0.1) is 0 Å². The normalized spacial score (nSPS) is 10.3. The molecule has 0 amide bonds. The van der Waals surface area contributed by atoms with E-state index in [0.29, 0.717) is 21.8 Å². The number of aromatic carboxylic acids is 1. The average molecular weight is 584 g/mol. The summed E-state index contributed by atoms with van der Waals surface area (Å²) in [6.07, 6.45) is 0. The monoisotopic (exact) mass is 584 g/mol. The van der Waals surface area contributed by atoms with Crippen LogP contribution < -0.4 is 0 Å². The molecule has 1 aromatic carbocycles. The van der Waals surface area contributed by atoms with Crippen molar-refractivity contribution < 1.29 is 19.5 Å². The van der Waals surface area contributed by atoms with Crippen molar-refractivity contribution in [2.24, 2.45) is 0 Å². The van der Waals surface area contributed by atoms with Crippen LogP contribution in [0.4, 0.5) is 0 Å². The molecule has 1 aromatic rings. The van der Waals surface area contributed by atoms with E-state index in [9.17, 15) is 19.5 Å². The van der Waals surface area contributed by atoms with Gasteiger partial charge in [-0.05, 0) is 81.6 Å². The number of carbonyl (C=O) groups is 3. The molecule has 0 aliphatic rings. The van der Waals surface area contributed by atoms with Crippen LogP contribution in [0.2, 0.25) is 0 Å². The van der Waals surface area contributed by atoms with E-state index in [2.05, 4.69) is 0 Å². The molecule has 1 N–H and O–H groups in total. The summed E-state index contributed by atoms with van der Waals surface area (Å²) in [6, 6.07) is 0. The van der Waals surface area contributed by atoms with E-state index in [1.54, 1.807) is 0 Å². The number of rotatable bonds is 3. The molecule has 0 radical (unpaired) electrons. The number of carboxylic acid groups (broad SMARTS) is 1. The molecular formula is C11H7I3O4. The SMILES string of the molecule is CC(=O)c1c(I)c(C(C)=O)c(I)c(C(=O)O)c1I. The van der Waals surface area contributed by atoms with Gasteiger partial charge in [0.15, 0.2) is 11.6 Å². The van der Waals surface area contributed by atoms with Crippen LogP contribution in [0.25, 0.3) is 0 Å². The molecule has 0 fully saturated rings. The fourth-order valence-corrected chi connectivity index (χ4v) is 6.62. The maximum absolute atomic E-state index is 11.6. The minimum Gasteiger partial charge on any atom is -0.478 e. The molecule has 0 atom stereocenters. The van der Waals surface area contributed by atoms with Crippen molar-refractivity contribution in [2.75, 3.05) is 0 Å². The minimum absolute atomic E-state index is 0.0204. The van der Waals surface area contributed by atoms with Crippen LogP contribution in [0.1, 0.15) is 44.9 Å². The Labute approximate surface area is 144 Å². The molecule has 18 heavy (non-hydrogen) atoms. The summed E-state index contributed by atoms with van der Waals surface area (Å²) in [7, 11) is 0. The molecule has 0 spiro atoms. The highest BCUT2D eigenvalue weighted by Crippen LogP contribution is 2.32. The lowest BCUT2D eigenvalue weighted by Gasteiger charge is -2.14. The van der Waals surface area contributed by atoms with Crippen molar-refractivity contribution in [3.8, 4) is 0 Å². The molecule has 0 saturated heterocycles. The van der Waals surface area contributed by atoms with Crippen molar-refractivity contribution >= 4 is 85.3 Å². The van der Waals surface area contributed by atoms with Crippen LogP contribution in [-0.2, 0) is 0 Å². The minimum atomic E-state index is -1.13. The second kappa shape index (κ2) is 6.11. The highest BCUT2D eigenvalue weighted by atomic mass is 127. The van der Waals surface area contributed by atoms with Gasteiger partial charge in [0, 0.05) is 21.8 Å². The van der Waals surface area contributed by atoms with Crippen molar-refractivity contribution in [3.05, 3.63) is 27.4 Å².